The fraction of sp³-hybridized carbons (Fsp3) is 0.432. The summed E-state index contributed by atoms with van der Waals surface area (Å²) >= 11 is 6.01. The van der Waals surface area contributed by atoms with Gasteiger partial charge in [-0.3, -0.25) is 0 Å². The fourth-order valence-electron chi connectivity index (χ4n) is 5.37. The highest BCUT2D eigenvalue weighted by molar-refractivity contribution is 6.30. The summed E-state index contributed by atoms with van der Waals surface area (Å²) < 4.78 is 14.5. The van der Waals surface area contributed by atoms with Crippen LogP contribution in [0.15, 0.2) is 72.8 Å². The van der Waals surface area contributed by atoms with Crippen LogP contribution in [-0.2, 0) is 19.3 Å². The second-order valence-electron chi connectivity index (χ2n) is 11.5. The first-order chi connectivity index (χ1) is 20.9. The Kier molecular flexibility index (Phi) is 12.5. The molecule has 4 aromatic rings. The van der Waals surface area contributed by atoms with Gasteiger partial charge in [0.2, 0.25) is 0 Å². The van der Waals surface area contributed by atoms with Crippen molar-refractivity contribution in [3.63, 3.8) is 0 Å². The third-order valence-corrected chi connectivity index (χ3v) is 7.95. The lowest BCUT2D eigenvalue weighted by Gasteiger charge is -2.18. The van der Waals surface area contributed by atoms with Crippen molar-refractivity contribution >= 4 is 11.6 Å². The van der Waals surface area contributed by atoms with Crippen LogP contribution in [0.25, 0.3) is 16.9 Å². The van der Waals surface area contributed by atoms with Gasteiger partial charge in [0.25, 0.3) is 0 Å². The van der Waals surface area contributed by atoms with E-state index in [1.165, 1.54) is 11.3 Å². The maximum absolute atomic E-state index is 6.08. The van der Waals surface area contributed by atoms with Crippen LogP contribution in [-0.4, -0.2) is 47.3 Å². The molecule has 3 aromatic carbocycles. The average Bonchev–Trinajstić information content (AvgIpc) is 3.36. The van der Waals surface area contributed by atoms with Crippen molar-refractivity contribution in [3.05, 3.63) is 94.9 Å². The molecule has 0 saturated carbocycles. The van der Waals surface area contributed by atoms with E-state index in [0.717, 1.165) is 97.6 Å². The molecule has 230 valence electrons. The zero-order valence-corrected chi connectivity index (χ0v) is 27.4. The lowest BCUT2D eigenvalue weighted by molar-refractivity contribution is 0.249. The molecule has 5 nitrogen and oxygen atoms in total. The van der Waals surface area contributed by atoms with Crippen LogP contribution in [0.5, 0.6) is 11.5 Å². The van der Waals surface area contributed by atoms with Crippen LogP contribution < -0.4 is 9.47 Å². The lowest BCUT2D eigenvalue weighted by Crippen LogP contribution is -2.25. The molecule has 4 rings (SSSR count). The molecule has 1 heterocycles. The maximum atomic E-state index is 6.08. The van der Waals surface area contributed by atoms with E-state index in [-0.39, 0.29) is 0 Å². The molecule has 0 fully saturated rings. The van der Waals surface area contributed by atoms with Crippen molar-refractivity contribution in [2.45, 2.75) is 66.7 Å². The summed E-state index contributed by atoms with van der Waals surface area (Å²) in [5, 5.41) is 0.754. The predicted molar refractivity (Wildman–Crippen MR) is 180 cm³/mol. The topological polar surface area (TPSA) is 39.5 Å². The molecule has 0 aliphatic rings. The van der Waals surface area contributed by atoms with Gasteiger partial charge in [-0.2, -0.15) is 0 Å². The van der Waals surface area contributed by atoms with Crippen LogP contribution in [0.2, 0.25) is 5.02 Å². The standard InChI is InChI=1S/C37H48ClN3O2/c1-6-10-35-37(30-13-19-33(20-14-30)43-26-23-29-11-15-31(38)16-12-29)39-36(27-28(4)5)41(35)32-17-21-34(22-18-32)42-25-9-24-40(7-2)8-3/h11-22,28H,6-10,23-27H2,1-5H3. The first-order valence-corrected chi connectivity index (χ1v) is 16.3. The summed E-state index contributed by atoms with van der Waals surface area (Å²) in [5.41, 5.74) is 5.77. The van der Waals surface area contributed by atoms with Gasteiger partial charge in [-0.1, -0.05) is 64.8 Å². The normalized spacial score (nSPS) is 11.4. The molecule has 0 aliphatic carbocycles. The van der Waals surface area contributed by atoms with Crippen LogP contribution in [0.3, 0.4) is 0 Å². The first-order valence-electron chi connectivity index (χ1n) is 16.0. The van der Waals surface area contributed by atoms with Gasteiger partial charge in [0.1, 0.15) is 17.3 Å². The minimum Gasteiger partial charge on any atom is -0.494 e. The van der Waals surface area contributed by atoms with Gasteiger partial charge in [-0.05, 0) is 98.1 Å². The molecule has 6 heteroatoms. The minimum absolute atomic E-state index is 0.494. The van der Waals surface area contributed by atoms with E-state index in [1.807, 2.05) is 24.3 Å². The van der Waals surface area contributed by atoms with Gasteiger partial charge in [-0.15, -0.1) is 0 Å². The van der Waals surface area contributed by atoms with Gasteiger partial charge < -0.3 is 18.9 Å². The first kappa shape index (κ1) is 32.6. The number of hydrogen-bond acceptors (Lipinski definition) is 4. The second kappa shape index (κ2) is 16.5. The van der Waals surface area contributed by atoms with E-state index in [0.29, 0.717) is 12.5 Å². The van der Waals surface area contributed by atoms with E-state index in [9.17, 15) is 0 Å². The average molecular weight is 602 g/mol. The Bertz CT molecular complexity index is 1380. The number of nitrogens with zero attached hydrogens (tertiary/aromatic N) is 3. The number of rotatable bonds is 17. The molecule has 0 atom stereocenters. The van der Waals surface area contributed by atoms with E-state index >= 15 is 0 Å². The summed E-state index contributed by atoms with van der Waals surface area (Å²) in [6, 6.07) is 24.9. The molecule has 0 radical (unpaired) electrons. The molecular formula is C37H48ClN3O2. The Labute approximate surface area is 263 Å². The minimum atomic E-state index is 0.494. The van der Waals surface area contributed by atoms with E-state index in [2.05, 4.69) is 92.6 Å². The molecule has 0 amide bonds. The highest BCUT2D eigenvalue weighted by atomic mass is 35.5. The molecule has 0 bridgehead atoms. The molecular weight excluding hydrogens is 554 g/mol. The lowest BCUT2D eigenvalue weighted by atomic mass is 10.1. The van der Waals surface area contributed by atoms with Gasteiger partial charge in [0.15, 0.2) is 0 Å². The smallest absolute Gasteiger partial charge is 0.119 e. The summed E-state index contributed by atoms with van der Waals surface area (Å²) in [6.07, 6.45) is 4.76. The molecule has 0 spiro atoms. The van der Waals surface area contributed by atoms with Gasteiger partial charge in [0, 0.05) is 35.7 Å². The largest absolute Gasteiger partial charge is 0.494 e. The van der Waals surface area contributed by atoms with E-state index < -0.39 is 0 Å². The van der Waals surface area contributed by atoms with Crippen LogP contribution >= 0.6 is 11.6 Å². The molecule has 0 saturated heterocycles. The number of ether oxygens (including phenoxy) is 2. The van der Waals surface area contributed by atoms with Crippen molar-refractivity contribution in [3.8, 4) is 28.4 Å². The summed E-state index contributed by atoms with van der Waals surface area (Å²) in [7, 11) is 0. The summed E-state index contributed by atoms with van der Waals surface area (Å²) in [6.45, 7) is 15.7. The van der Waals surface area contributed by atoms with Gasteiger partial charge in [0.05, 0.1) is 24.6 Å². The number of hydrogen-bond donors (Lipinski definition) is 0. The zero-order chi connectivity index (χ0) is 30.6. The zero-order valence-electron chi connectivity index (χ0n) is 26.6. The highest BCUT2D eigenvalue weighted by Crippen LogP contribution is 2.31. The Morgan fingerprint density at radius 3 is 2.02 bits per heavy atom. The monoisotopic (exact) mass is 601 g/mol. The van der Waals surface area contributed by atoms with E-state index in [4.69, 9.17) is 26.1 Å². The van der Waals surface area contributed by atoms with Crippen LogP contribution in [0.1, 0.15) is 64.5 Å². The Balaban J connectivity index is 1.50. The summed E-state index contributed by atoms with van der Waals surface area (Å²) in [4.78, 5) is 7.67. The molecule has 0 unspecified atom stereocenters. The van der Waals surface area contributed by atoms with Crippen molar-refractivity contribution in [2.24, 2.45) is 5.92 Å². The van der Waals surface area contributed by atoms with Crippen molar-refractivity contribution in [2.75, 3.05) is 32.8 Å². The van der Waals surface area contributed by atoms with Crippen LogP contribution in [0, 0.1) is 5.92 Å². The maximum Gasteiger partial charge on any atom is 0.119 e. The second-order valence-corrected chi connectivity index (χ2v) is 11.9. The molecule has 43 heavy (non-hydrogen) atoms. The van der Waals surface area contributed by atoms with Crippen molar-refractivity contribution in [1.82, 2.24) is 14.5 Å². The van der Waals surface area contributed by atoms with Gasteiger partial charge >= 0.3 is 0 Å². The highest BCUT2D eigenvalue weighted by Gasteiger charge is 2.20. The molecule has 1 aromatic heterocycles. The SMILES string of the molecule is CCCc1c(-c2ccc(OCCc3ccc(Cl)cc3)cc2)nc(CC(C)C)n1-c1ccc(OCCCN(CC)CC)cc1. The third kappa shape index (κ3) is 9.35. The fourth-order valence-corrected chi connectivity index (χ4v) is 5.49. The van der Waals surface area contributed by atoms with Gasteiger partial charge in [-0.25, -0.2) is 4.98 Å². The molecule has 0 aliphatic heterocycles. The Morgan fingerprint density at radius 2 is 1.42 bits per heavy atom. The number of imidazole rings is 1. The van der Waals surface area contributed by atoms with E-state index in [1.54, 1.807) is 0 Å². The van der Waals surface area contributed by atoms with Crippen LogP contribution in [0.4, 0.5) is 0 Å². The third-order valence-electron chi connectivity index (χ3n) is 7.70. The number of aromatic nitrogens is 2. The quantitative estimate of drug-likeness (QED) is 0.113. The predicted octanol–water partition coefficient (Wildman–Crippen LogP) is 9.08. The number of halogens is 1. The Morgan fingerprint density at radius 1 is 0.791 bits per heavy atom. The van der Waals surface area contributed by atoms with Crippen molar-refractivity contribution in [1.29, 1.82) is 0 Å². The summed E-state index contributed by atoms with van der Waals surface area (Å²) in [5.74, 6) is 3.37. The number of benzene rings is 3. The van der Waals surface area contributed by atoms with Crippen molar-refractivity contribution < 1.29 is 9.47 Å². The Hall–Kier alpha value is -3.28. The molecule has 0 N–H and O–H groups in total.